The summed E-state index contributed by atoms with van der Waals surface area (Å²) in [6.45, 7) is 5.74. The Labute approximate surface area is 94.1 Å². The molecule has 4 heteroatoms. The zero-order valence-corrected chi connectivity index (χ0v) is 9.60. The number of fused-ring (bicyclic) bond motifs is 1. The number of pyridine rings is 1. The molecule has 16 heavy (non-hydrogen) atoms. The predicted octanol–water partition coefficient (Wildman–Crippen LogP) is 3.48. The Morgan fingerprint density at radius 2 is 1.88 bits per heavy atom. The van der Waals surface area contributed by atoms with Crippen LogP contribution in [0.4, 0.5) is 5.69 Å². The van der Waals surface area contributed by atoms with Gasteiger partial charge in [-0.2, -0.15) is 0 Å². The standard InChI is InChI=1S/C10H8N2O2.C2H6/c1-7-8-4-2-3-5-9(8)11-6-10(7)12(13)14;1-2/h2-6H,1H3;1-2H3. The maximum Gasteiger partial charge on any atom is 0.291 e. The Morgan fingerprint density at radius 1 is 1.25 bits per heavy atom. The lowest BCUT2D eigenvalue weighted by atomic mass is 10.1. The summed E-state index contributed by atoms with van der Waals surface area (Å²) < 4.78 is 0. The van der Waals surface area contributed by atoms with Crippen molar-refractivity contribution >= 4 is 16.6 Å². The highest BCUT2D eigenvalue weighted by atomic mass is 16.6. The quantitative estimate of drug-likeness (QED) is 0.544. The number of nitro groups is 1. The van der Waals surface area contributed by atoms with Gasteiger partial charge >= 0.3 is 0 Å². The van der Waals surface area contributed by atoms with Crippen molar-refractivity contribution in [1.82, 2.24) is 4.98 Å². The van der Waals surface area contributed by atoms with Gasteiger partial charge in [-0.15, -0.1) is 0 Å². The first kappa shape index (κ1) is 12.1. The molecule has 2 rings (SSSR count). The number of para-hydroxylation sites is 1. The van der Waals surface area contributed by atoms with E-state index in [1.165, 1.54) is 6.20 Å². The summed E-state index contributed by atoms with van der Waals surface area (Å²) in [6, 6.07) is 7.39. The summed E-state index contributed by atoms with van der Waals surface area (Å²) in [5, 5.41) is 11.5. The zero-order valence-electron chi connectivity index (χ0n) is 9.60. The third-order valence-electron chi connectivity index (χ3n) is 2.21. The van der Waals surface area contributed by atoms with Gasteiger partial charge in [-0.3, -0.25) is 10.1 Å². The molecule has 4 nitrogen and oxygen atoms in total. The van der Waals surface area contributed by atoms with Gasteiger partial charge in [0.2, 0.25) is 0 Å². The highest BCUT2D eigenvalue weighted by molar-refractivity contribution is 5.84. The fraction of sp³-hybridized carbons (Fsp3) is 0.250. The number of hydrogen-bond donors (Lipinski definition) is 0. The minimum absolute atomic E-state index is 0.0729. The van der Waals surface area contributed by atoms with E-state index in [0.717, 1.165) is 10.9 Å². The van der Waals surface area contributed by atoms with Gasteiger partial charge in [0.25, 0.3) is 5.69 Å². The summed E-state index contributed by atoms with van der Waals surface area (Å²) in [4.78, 5) is 14.2. The monoisotopic (exact) mass is 218 g/mol. The second-order valence-electron chi connectivity index (χ2n) is 3.04. The Hall–Kier alpha value is -1.97. The highest BCUT2D eigenvalue weighted by Gasteiger charge is 2.12. The van der Waals surface area contributed by atoms with E-state index in [1.807, 2.05) is 38.1 Å². The molecular weight excluding hydrogens is 204 g/mol. The van der Waals surface area contributed by atoms with E-state index in [4.69, 9.17) is 0 Å². The van der Waals surface area contributed by atoms with Gasteiger partial charge in [0, 0.05) is 10.9 Å². The van der Waals surface area contributed by atoms with Gasteiger partial charge in [-0.25, -0.2) is 4.98 Å². The molecule has 0 fully saturated rings. The summed E-state index contributed by atoms with van der Waals surface area (Å²) in [7, 11) is 0. The van der Waals surface area contributed by atoms with E-state index < -0.39 is 4.92 Å². The van der Waals surface area contributed by atoms with Crippen LogP contribution in [0.1, 0.15) is 19.4 Å². The molecule has 0 N–H and O–H groups in total. The lowest BCUT2D eigenvalue weighted by molar-refractivity contribution is -0.385. The number of hydrogen-bond acceptors (Lipinski definition) is 3. The van der Waals surface area contributed by atoms with Crippen molar-refractivity contribution in [2.45, 2.75) is 20.8 Å². The molecule has 0 saturated heterocycles. The molecule has 0 bridgehead atoms. The molecule has 0 aliphatic carbocycles. The van der Waals surface area contributed by atoms with E-state index >= 15 is 0 Å². The zero-order chi connectivity index (χ0) is 12.1. The minimum Gasteiger partial charge on any atom is -0.258 e. The minimum atomic E-state index is -0.408. The van der Waals surface area contributed by atoms with Crippen molar-refractivity contribution in [1.29, 1.82) is 0 Å². The van der Waals surface area contributed by atoms with Gasteiger partial charge in [-0.05, 0) is 13.0 Å². The second-order valence-corrected chi connectivity index (χ2v) is 3.04. The van der Waals surface area contributed by atoms with Crippen LogP contribution in [0.3, 0.4) is 0 Å². The maximum atomic E-state index is 10.6. The molecule has 0 atom stereocenters. The lowest BCUT2D eigenvalue weighted by Crippen LogP contribution is -1.93. The Morgan fingerprint density at radius 3 is 2.50 bits per heavy atom. The van der Waals surface area contributed by atoms with E-state index in [1.54, 1.807) is 6.92 Å². The fourth-order valence-corrected chi connectivity index (χ4v) is 1.45. The summed E-state index contributed by atoms with van der Waals surface area (Å²) in [5.74, 6) is 0. The number of benzene rings is 1. The molecule has 0 aliphatic heterocycles. The highest BCUT2D eigenvalue weighted by Crippen LogP contribution is 2.24. The van der Waals surface area contributed by atoms with Crippen molar-refractivity contribution in [2.24, 2.45) is 0 Å². The Kier molecular flexibility index (Phi) is 3.94. The molecular formula is C12H14N2O2. The molecule has 0 aliphatic rings. The van der Waals surface area contributed by atoms with E-state index in [2.05, 4.69) is 4.98 Å². The average Bonchev–Trinajstić information content (AvgIpc) is 2.32. The molecule has 0 spiro atoms. The van der Waals surface area contributed by atoms with Crippen LogP contribution in [0.2, 0.25) is 0 Å². The summed E-state index contributed by atoms with van der Waals surface area (Å²) in [5.41, 5.74) is 1.53. The molecule has 0 saturated carbocycles. The van der Waals surface area contributed by atoms with Gasteiger partial charge in [-0.1, -0.05) is 32.0 Å². The second kappa shape index (κ2) is 5.21. The van der Waals surface area contributed by atoms with E-state index in [-0.39, 0.29) is 5.69 Å². The topological polar surface area (TPSA) is 56.0 Å². The van der Waals surface area contributed by atoms with Crippen LogP contribution in [-0.4, -0.2) is 9.91 Å². The Bertz CT molecular complexity index is 509. The third kappa shape index (κ3) is 2.16. The third-order valence-corrected chi connectivity index (χ3v) is 2.21. The van der Waals surface area contributed by atoms with Crippen LogP contribution in [0.5, 0.6) is 0 Å². The molecule has 0 amide bonds. The first-order chi connectivity index (χ1) is 7.70. The smallest absolute Gasteiger partial charge is 0.258 e. The van der Waals surface area contributed by atoms with Crippen molar-refractivity contribution in [3.05, 3.63) is 46.1 Å². The maximum absolute atomic E-state index is 10.6. The largest absolute Gasteiger partial charge is 0.291 e. The number of nitrogens with zero attached hydrogens (tertiary/aromatic N) is 2. The Balaban J connectivity index is 0.000000606. The fourth-order valence-electron chi connectivity index (χ4n) is 1.45. The van der Waals surface area contributed by atoms with Gasteiger partial charge in [0.05, 0.1) is 10.4 Å². The first-order valence-corrected chi connectivity index (χ1v) is 5.19. The summed E-state index contributed by atoms with van der Waals surface area (Å²) in [6.07, 6.45) is 1.30. The van der Waals surface area contributed by atoms with Gasteiger partial charge < -0.3 is 0 Å². The van der Waals surface area contributed by atoms with Crippen LogP contribution in [0.15, 0.2) is 30.5 Å². The van der Waals surface area contributed by atoms with Gasteiger partial charge in [0.15, 0.2) is 0 Å². The first-order valence-electron chi connectivity index (χ1n) is 5.19. The SMILES string of the molecule is CC.Cc1c([N+](=O)[O-])cnc2ccccc12. The van der Waals surface area contributed by atoms with Gasteiger partial charge in [0.1, 0.15) is 6.20 Å². The van der Waals surface area contributed by atoms with Crippen molar-refractivity contribution in [3.8, 4) is 0 Å². The number of aryl methyl sites for hydroxylation is 1. The molecule has 1 aromatic heterocycles. The summed E-state index contributed by atoms with van der Waals surface area (Å²) >= 11 is 0. The van der Waals surface area contributed by atoms with Crippen LogP contribution < -0.4 is 0 Å². The molecule has 84 valence electrons. The van der Waals surface area contributed by atoms with Crippen LogP contribution in [0.25, 0.3) is 10.9 Å². The van der Waals surface area contributed by atoms with E-state index in [0.29, 0.717) is 5.56 Å². The van der Waals surface area contributed by atoms with Crippen molar-refractivity contribution < 1.29 is 4.92 Å². The number of aromatic nitrogens is 1. The van der Waals surface area contributed by atoms with E-state index in [9.17, 15) is 10.1 Å². The normalized spacial score (nSPS) is 9.44. The molecule has 2 aromatic rings. The molecule has 0 radical (unpaired) electrons. The average molecular weight is 218 g/mol. The van der Waals surface area contributed by atoms with Crippen LogP contribution >= 0.6 is 0 Å². The van der Waals surface area contributed by atoms with Crippen LogP contribution in [-0.2, 0) is 0 Å². The molecule has 0 unspecified atom stereocenters. The van der Waals surface area contributed by atoms with Crippen LogP contribution in [0, 0.1) is 17.0 Å². The number of rotatable bonds is 1. The van der Waals surface area contributed by atoms with Crippen molar-refractivity contribution in [3.63, 3.8) is 0 Å². The molecule has 1 aromatic carbocycles. The lowest BCUT2D eigenvalue weighted by Gasteiger charge is -2.00. The predicted molar refractivity (Wildman–Crippen MR) is 64.5 cm³/mol. The molecule has 1 heterocycles. The van der Waals surface area contributed by atoms with Crippen molar-refractivity contribution in [2.75, 3.05) is 0 Å².